The molecule has 0 radical (unpaired) electrons. The second-order valence-electron chi connectivity index (χ2n) is 9.12. The van der Waals surface area contributed by atoms with Crippen molar-refractivity contribution in [3.63, 3.8) is 0 Å². The predicted octanol–water partition coefficient (Wildman–Crippen LogP) is 4.21. The summed E-state index contributed by atoms with van der Waals surface area (Å²) in [7, 11) is -8.00. The number of aryl methyl sites for hydroxylation is 1. The number of sulfone groups is 1. The highest BCUT2D eigenvalue weighted by molar-refractivity contribution is 7.95. The maximum Gasteiger partial charge on any atom is 0.416 e. The van der Waals surface area contributed by atoms with Gasteiger partial charge in [-0.25, -0.2) is 16.8 Å². The van der Waals surface area contributed by atoms with Gasteiger partial charge in [0.1, 0.15) is 0 Å². The Balaban J connectivity index is 2.10. The Labute approximate surface area is 224 Å². The Hall–Kier alpha value is -3.17. The lowest BCUT2D eigenvalue weighted by Crippen LogP contribution is -2.33. The van der Waals surface area contributed by atoms with Gasteiger partial charge in [0.2, 0.25) is 19.9 Å². The van der Waals surface area contributed by atoms with Crippen molar-refractivity contribution in [2.75, 3.05) is 7.05 Å². The fourth-order valence-corrected chi connectivity index (χ4v) is 6.95. The van der Waals surface area contributed by atoms with E-state index in [4.69, 9.17) is 5.11 Å². The molecule has 2 aromatic rings. The number of rotatable bonds is 9. The zero-order valence-corrected chi connectivity index (χ0v) is 22.9. The van der Waals surface area contributed by atoms with Gasteiger partial charge < -0.3 is 10.2 Å². The standard InChI is InChI=1S/C24H28F3N3O7S2/c1-15(31)7-8-16(2)38(34,35)18-11-17(24(25,26)27)12-19(13-18)39(36,37)29(3)21-5-4-6-22-20(21)14-28-30(22)10-9-23(32)33/h7-8,11-14,21,31H,4-6,9-10H2,1-3H3,(H,32,33)/b15-7+,16-8+. The summed E-state index contributed by atoms with van der Waals surface area (Å²) in [5, 5.41) is 22.4. The summed E-state index contributed by atoms with van der Waals surface area (Å²) in [6.07, 6.45) is -0.433. The number of nitrogens with zero attached hydrogens (tertiary/aromatic N) is 3. The molecule has 3 rings (SSSR count). The minimum Gasteiger partial charge on any atom is -0.513 e. The van der Waals surface area contributed by atoms with Gasteiger partial charge in [-0.3, -0.25) is 9.48 Å². The van der Waals surface area contributed by atoms with Crippen LogP contribution in [0.3, 0.4) is 0 Å². The van der Waals surface area contributed by atoms with E-state index in [1.807, 2.05) is 0 Å². The molecule has 1 unspecified atom stereocenters. The van der Waals surface area contributed by atoms with E-state index >= 15 is 0 Å². The molecule has 1 aliphatic rings. The van der Waals surface area contributed by atoms with E-state index < -0.39 is 58.3 Å². The average molecular weight is 592 g/mol. The number of aliphatic hydroxyl groups excluding tert-OH is 1. The van der Waals surface area contributed by atoms with Gasteiger partial charge in [-0.2, -0.15) is 22.6 Å². The molecule has 1 aliphatic carbocycles. The third kappa shape index (κ3) is 6.53. The second kappa shape index (κ2) is 11.1. The molecule has 0 bridgehead atoms. The number of benzene rings is 1. The van der Waals surface area contributed by atoms with Crippen molar-refractivity contribution >= 4 is 25.8 Å². The molecule has 1 heterocycles. The van der Waals surface area contributed by atoms with Gasteiger partial charge in [0.25, 0.3) is 0 Å². The first-order chi connectivity index (χ1) is 18.0. The molecule has 2 N–H and O–H groups in total. The monoisotopic (exact) mass is 591 g/mol. The van der Waals surface area contributed by atoms with Crippen LogP contribution in [0.25, 0.3) is 0 Å². The molecular weight excluding hydrogens is 563 g/mol. The lowest BCUT2D eigenvalue weighted by molar-refractivity contribution is -0.138. The number of aliphatic hydroxyl groups is 1. The SMILES string of the molecule is C/C(O)=C\C=C(/C)S(=O)(=O)c1cc(C(F)(F)F)cc(S(=O)(=O)N(C)C2CCCc3c2cnn3CCC(=O)O)c1. The maximum absolute atomic E-state index is 13.8. The van der Waals surface area contributed by atoms with Crippen LogP contribution in [0.5, 0.6) is 0 Å². The molecular formula is C24H28F3N3O7S2. The van der Waals surface area contributed by atoms with E-state index in [2.05, 4.69) is 5.10 Å². The van der Waals surface area contributed by atoms with Crippen molar-refractivity contribution in [3.05, 3.63) is 64.0 Å². The number of aliphatic carboxylic acids is 1. The zero-order chi connectivity index (χ0) is 29.3. The third-order valence-electron chi connectivity index (χ3n) is 6.39. The molecule has 1 aromatic carbocycles. The van der Waals surface area contributed by atoms with Gasteiger partial charge >= 0.3 is 12.1 Å². The molecule has 0 saturated carbocycles. The van der Waals surface area contributed by atoms with E-state index in [1.165, 1.54) is 24.9 Å². The Bertz CT molecular complexity index is 1540. The quantitative estimate of drug-likeness (QED) is 0.326. The summed E-state index contributed by atoms with van der Waals surface area (Å²) in [5.74, 6) is -1.27. The van der Waals surface area contributed by atoms with E-state index in [9.17, 15) is 39.9 Å². The first-order valence-electron chi connectivity index (χ1n) is 11.7. The summed E-state index contributed by atoms with van der Waals surface area (Å²) in [5.41, 5.74) is -0.319. The van der Waals surface area contributed by atoms with Gasteiger partial charge in [-0.1, -0.05) is 0 Å². The van der Waals surface area contributed by atoms with E-state index in [-0.39, 0.29) is 18.7 Å². The van der Waals surface area contributed by atoms with Gasteiger partial charge in [-0.05, 0) is 63.5 Å². The van der Waals surface area contributed by atoms with E-state index in [1.54, 1.807) is 0 Å². The number of halogens is 3. The maximum atomic E-state index is 13.8. The largest absolute Gasteiger partial charge is 0.513 e. The summed E-state index contributed by atoms with van der Waals surface area (Å²) < 4.78 is 96.9. The van der Waals surface area contributed by atoms with Crippen LogP contribution < -0.4 is 0 Å². The van der Waals surface area contributed by atoms with Crippen molar-refractivity contribution in [3.8, 4) is 0 Å². The summed E-state index contributed by atoms with van der Waals surface area (Å²) in [4.78, 5) is 8.83. The van der Waals surface area contributed by atoms with Crippen molar-refractivity contribution in [2.45, 2.75) is 68.1 Å². The number of allylic oxidation sites excluding steroid dienone is 4. The first kappa shape index (κ1) is 30.4. The molecule has 1 atom stereocenters. The van der Waals surface area contributed by atoms with Gasteiger partial charge in [0.05, 0.1) is 46.3 Å². The van der Waals surface area contributed by atoms with Crippen LogP contribution in [-0.2, 0) is 43.8 Å². The van der Waals surface area contributed by atoms with Crippen molar-refractivity contribution < 1.29 is 45.0 Å². The van der Waals surface area contributed by atoms with Crippen LogP contribution in [0.4, 0.5) is 13.2 Å². The molecule has 0 saturated heterocycles. The highest BCUT2D eigenvalue weighted by Crippen LogP contribution is 2.39. The number of carboxylic acid groups (broad SMARTS) is 1. The van der Waals surface area contributed by atoms with Crippen LogP contribution >= 0.6 is 0 Å². The fraction of sp³-hybridized carbons (Fsp3) is 0.417. The van der Waals surface area contributed by atoms with Gasteiger partial charge in [-0.15, -0.1) is 0 Å². The number of carboxylic acids is 1. The third-order valence-corrected chi connectivity index (χ3v) is 10.1. The smallest absolute Gasteiger partial charge is 0.416 e. The van der Waals surface area contributed by atoms with Crippen LogP contribution in [0, 0.1) is 0 Å². The topological polar surface area (TPSA) is 147 Å². The Morgan fingerprint density at radius 2 is 1.77 bits per heavy atom. The minimum atomic E-state index is -5.04. The molecule has 0 aliphatic heterocycles. The number of aromatic nitrogens is 2. The molecule has 0 spiro atoms. The fourth-order valence-electron chi connectivity index (χ4n) is 4.25. The Kier molecular flexibility index (Phi) is 8.67. The number of hydrogen-bond acceptors (Lipinski definition) is 7. The number of carbonyl (C=O) groups is 1. The predicted molar refractivity (Wildman–Crippen MR) is 134 cm³/mol. The number of hydrogen-bond donors (Lipinski definition) is 2. The number of alkyl halides is 3. The summed E-state index contributed by atoms with van der Waals surface area (Å²) in [6, 6.07) is 0.628. The molecule has 1 aromatic heterocycles. The molecule has 214 valence electrons. The van der Waals surface area contributed by atoms with Gasteiger partial charge in [0.15, 0.2) is 0 Å². The highest BCUT2D eigenvalue weighted by atomic mass is 32.2. The summed E-state index contributed by atoms with van der Waals surface area (Å²) >= 11 is 0. The molecule has 10 nitrogen and oxygen atoms in total. The zero-order valence-electron chi connectivity index (χ0n) is 21.3. The average Bonchev–Trinajstić information content (AvgIpc) is 3.27. The molecule has 0 fully saturated rings. The Morgan fingerprint density at radius 3 is 2.36 bits per heavy atom. The van der Waals surface area contributed by atoms with Crippen LogP contribution in [0.1, 0.15) is 56.0 Å². The van der Waals surface area contributed by atoms with Crippen molar-refractivity contribution in [2.24, 2.45) is 0 Å². The molecule has 39 heavy (non-hydrogen) atoms. The van der Waals surface area contributed by atoms with Crippen LogP contribution in [-0.4, -0.2) is 54.2 Å². The lowest BCUT2D eigenvalue weighted by Gasteiger charge is -2.31. The lowest BCUT2D eigenvalue weighted by atomic mass is 9.93. The molecule has 15 heteroatoms. The number of fused-ring (bicyclic) bond motifs is 1. The highest BCUT2D eigenvalue weighted by Gasteiger charge is 2.38. The van der Waals surface area contributed by atoms with E-state index in [0.29, 0.717) is 48.7 Å². The van der Waals surface area contributed by atoms with Crippen LogP contribution in [0.2, 0.25) is 0 Å². The first-order valence-corrected chi connectivity index (χ1v) is 14.6. The number of sulfonamides is 1. The normalized spacial score (nSPS) is 17.4. The molecule has 0 amide bonds. The second-order valence-corrected chi connectivity index (χ2v) is 13.2. The Morgan fingerprint density at radius 1 is 1.13 bits per heavy atom. The van der Waals surface area contributed by atoms with Crippen molar-refractivity contribution in [1.82, 2.24) is 14.1 Å². The van der Waals surface area contributed by atoms with Gasteiger partial charge in [0, 0.05) is 23.2 Å². The summed E-state index contributed by atoms with van der Waals surface area (Å²) in [6.45, 7) is 2.45. The minimum absolute atomic E-state index is 0.0700. The van der Waals surface area contributed by atoms with Crippen LogP contribution in [0.15, 0.2) is 57.0 Å². The van der Waals surface area contributed by atoms with E-state index in [0.717, 1.165) is 23.4 Å². The van der Waals surface area contributed by atoms with Crippen molar-refractivity contribution in [1.29, 1.82) is 0 Å².